The molecule has 0 amide bonds. The molecule has 0 N–H and O–H groups in total. The quantitative estimate of drug-likeness (QED) is 0.546. The van der Waals surface area contributed by atoms with Gasteiger partial charge < -0.3 is 0 Å². The van der Waals surface area contributed by atoms with E-state index in [2.05, 4.69) is 0 Å². The Morgan fingerprint density at radius 2 is 1.00 bits per heavy atom. The largest absolute Gasteiger partial charge is 0.136 e. The van der Waals surface area contributed by atoms with E-state index in [0.717, 1.165) is 0 Å². The van der Waals surface area contributed by atoms with Crippen LogP contribution in [0.1, 0.15) is 0 Å². The summed E-state index contributed by atoms with van der Waals surface area (Å²) in [5.41, 5.74) is 0. The summed E-state index contributed by atoms with van der Waals surface area (Å²) in [7, 11) is 0. The van der Waals surface area contributed by atoms with E-state index in [9.17, 15) is 0 Å². The van der Waals surface area contributed by atoms with Crippen molar-refractivity contribution in [1.29, 1.82) is 0 Å². The van der Waals surface area contributed by atoms with Crippen LogP contribution >= 0.6 is 69.6 Å². The third-order valence-corrected chi connectivity index (χ3v) is 2.87. The molecule has 0 radical (unpaired) electrons. The number of benzene rings is 1. The summed E-state index contributed by atoms with van der Waals surface area (Å²) in [6, 6.07) is 7.19. The lowest BCUT2D eigenvalue weighted by Crippen LogP contribution is -1.62. The molecular weight excluding hydrogens is 309 g/mol. The second-order valence-electron chi connectivity index (χ2n) is 1.93. The molecule has 0 aliphatic carbocycles. The minimum atomic E-state index is -0.0988. The van der Waals surface area contributed by atoms with Gasteiger partial charge in [-0.25, -0.2) is 0 Å². The minimum absolute atomic E-state index is 0.0988. The second kappa shape index (κ2) is 7.92. The topological polar surface area (TPSA) is 0 Å². The van der Waals surface area contributed by atoms with Crippen LogP contribution in [0.25, 0.3) is 0 Å². The molecule has 0 aliphatic heterocycles. The van der Waals surface area contributed by atoms with Gasteiger partial charge in [-0.15, -0.1) is 0 Å². The van der Waals surface area contributed by atoms with Crippen LogP contribution in [0.5, 0.6) is 0 Å². The lowest BCUT2D eigenvalue weighted by molar-refractivity contribution is 1.71. The third kappa shape index (κ3) is 7.05. The van der Waals surface area contributed by atoms with Gasteiger partial charge in [-0.2, -0.15) is 0 Å². The minimum Gasteiger partial charge on any atom is -0.0827 e. The predicted molar refractivity (Wildman–Crippen MR) is 66.9 cm³/mol. The summed E-state index contributed by atoms with van der Waals surface area (Å²) in [4.78, 5) is 0. The van der Waals surface area contributed by atoms with E-state index in [1.54, 1.807) is 12.1 Å². The fraction of sp³-hybridized carbons (Fsp3) is 0. The van der Waals surface area contributed by atoms with Gasteiger partial charge in [0.1, 0.15) is 8.98 Å². The Bertz CT molecular complexity index is 280. The van der Waals surface area contributed by atoms with E-state index in [1.165, 1.54) is 0 Å². The van der Waals surface area contributed by atoms with Gasteiger partial charge in [-0.05, 0) is 12.1 Å². The third-order valence-electron chi connectivity index (χ3n) is 0.967. The molecule has 1 aromatic carbocycles. The van der Waals surface area contributed by atoms with Crippen LogP contribution in [0, 0.1) is 0 Å². The van der Waals surface area contributed by atoms with Gasteiger partial charge in [0.25, 0.3) is 0 Å². The first-order valence-corrected chi connectivity index (χ1v) is 5.48. The van der Waals surface area contributed by atoms with Gasteiger partial charge in [0.2, 0.25) is 0 Å². The molecule has 0 aromatic heterocycles. The van der Waals surface area contributed by atoms with Crippen molar-refractivity contribution in [2.45, 2.75) is 0 Å². The van der Waals surface area contributed by atoms with E-state index >= 15 is 0 Å². The highest BCUT2D eigenvalue weighted by molar-refractivity contribution is 6.67. The van der Waals surface area contributed by atoms with Crippen molar-refractivity contribution in [2.75, 3.05) is 0 Å². The Kier molecular flexibility index (Phi) is 8.32. The molecule has 0 saturated heterocycles. The van der Waals surface area contributed by atoms with Crippen LogP contribution in [-0.2, 0) is 0 Å². The number of rotatable bonds is 0. The Morgan fingerprint density at radius 3 is 1.14 bits per heavy atom. The van der Waals surface area contributed by atoms with Gasteiger partial charge in [0, 0.05) is 0 Å². The van der Waals surface area contributed by atoms with Gasteiger partial charge in [0.15, 0.2) is 0 Å². The van der Waals surface area contributed by atoms with Crippen LogP contribution in [-0.4, -0.2) is 0 Å². The van der Waals surface area contributed by atoms with Crippen LogP contribution < -0.4 is 0 Å². The normalized spacial score (nSPS) is 8.71. The van der Waals surface area contributed by atoms with Crippen LogP contribution in [0.4, 0.5) is 0 Å². The molecule has 0 fully saturated rings. The molecule has 0 heterocycles. The van der Waals surface area contributed by atoms with Crippen molar-refractivity contribution in [3.63, 3.8) is 0 Å². The first kappa shape index (κ1) is 14.7. The summed E-state index contributed by atoms with van der Waals surface area (Å²) < 4.78 is -0.198. The Balaban J connectivity index is 0.000000255. The van der Waals surface area contributed by atoms with Crippen molar-refractivity contribution in [3.8, 4) is 0 Å². The van der Waals surface area contributed by atoms with E-state index in [-0.39, 0.29) is 8.98 Å². The van der Waals surface area contributed by atoms with Crippen molar-refractivity contribution in [3.05, 3.63) is 43.3 Å². The van der Waals surface area contributed by atoms with Crippen molar-refractivity contribution >= 4 is 69.6 Å². The maximum atomic E-state index is 5.58. The molecule has 14 heavy (non-hydrogen) atoms. The van der Waals surface area contributed by atoms with Crippen molar-refractivity contribution in [1.82, 2.24) is 0 Å². The molecule has 0 spiro atoms. The Labute approximate surface area is 112 Å². The van der Waals surface area contributed by atoms with E-state index in [4.69, 9.17) is 69.6 Å². The summed E-state index contributed by atoms with van der Waals surface area (Å²) in [6.07, 6.45) is 0. The van der Waals surface area contributed by atoms with Crippen LogP contribution in [0.15, 0.2) is 33.2 Å². The molecule has 6 heteroatoms. The fourth-order valence-electron chi connectivity index (χ4n) is 0.439. The first-order valence-electron chi connectivity index (χ1n) is 3.21. The molecule has 1 rings (SSSR count). The predicted octanol–water partition coefficient (Wildman–Crippen LogP) is 6.06. The van der Waals surface area contributed by atoms with Crippen LogP contribution in [0.3, 0.4) is 0 Å². The molecule has 0 nitrogen and oxygen atoms in total. The molecule has 0 atom stereocenters. The number of hydrogen-bond acceptors (Lipinski definition) is 0. The van der Waals surface area contributed by atoms with Crippen LogP contribution in [0.2, 0.25) is 10.0 Å². The van der Waals surface area contributed by atoms with Gasteiger partial charge in [-0.1, -0.05) is 81.7 Å². The van der Waals surface area contributed by atoms with E-state index < -0.39 is 0 Å². The standard InChI is InChI=1S/C6H4Cl2.C2Cl4/c7-5-3-1-2-4-6(5)8;3-1(4)2(5)6/h1-4H;. The smallest absolute Gasteiger partial charge is 0.0827 e. The highest BCUT2D eigenvalue weighted by atomic mass is 35.5. The summed E-state index contributed by atoms with van der Waals surface area (Å²) in [5.74, 6) is 0. The Morgan fingerprint density at radius 1 is 0.714 bits per heavy atom. The molecule has 78 valence electrons. The number of halogens is 6. The second-order valence-corrected chi connectivity index (χ2v) is 4.65. The summed E-state index contributed by atoms with van der Waals surface area (Å²) in [5, 5.41) is 1.21. The molecule has 1 aromatic rings. The number of hydrogen-bond donors (Lipinski definition) is 0. The molecule has 0 bridgehead atoms. The van der Waals surface area contributed by atoms with Crippen molar-refractivity contribution < 1.29 is 0 Å². The lowest BCUT2D eigenvalue weighted by Gasteiger charge is -1.88. The lowest BCUT2D eigenvalue weighted by atomic mass is 10.4. The zero-order valence-corrected chi connectivity index (χ0v) is 11.1. The zero-order valence-electron chi connectivity index (χ0n) is 6.58. The monoisotopic (exact) mass is 310 g/mol. The molecular formula is C8H4Cl6. The van der Waals surface area contributed by atoms with Gasteiger partial charge in [0.05, 0.1) is 10.0 Å². The molecule has 0 saturated carbocycles. The zero-order chi connectivity index (χ0) is 11.1. The van der Waals surface area contributed by atoms with Crippen molar-refractivity contribution in [2.24, 2.45) is 0 Å². The Hall–Kier alpha value is 0.700. The SMILES string of the molecule is ClC(Cl)=C(Cl)Cl.Clc1ccccc1Cl. The average molecular weight is 313 g/mol. The maximum Gasteiger partial charge on any atom is 0.136 e. The highest BCUT2D eigenvalue weighted by Gasteiger charge is 1.89. The highest BCUT2D eigenvalue weighted by Crippen LogP contribution is 2.20. The van der Waals surface area contributed by atoms with Gasteiger partial charge in [-0.3, -0.25) is 0 Å². The molecule has 0 aliphatic rings. The van der Waals surface area contributed by atoms with E-state index in [1.807, 2.05) is 12.1 Å². The first-order chi connectivity index (χ1) is 6.45. The average Bonchev–Trinajstić information content (AvgIpc) is 2.11. The maximum absolute atomic E-state index is 5.58. The fourth-order valence-corrected chi connectivity index (χ4v) is 0.711. The molecule has 0 unspecified atom stereocenters. The van der Waals surface area contributed by atoms with E-state index in [0.29, 0.717) is 10.0 Å². The summed E-state index contributed by atoms with van der Waals surface area (Å²) in [6.45, 7) is 0. The summed E-state index contributed by atoms with van der Waals surface area (Å²) >= 11 is 31.1. The van der Waals surface area contributed by atoms with Gasteiger partial charge >= 0.3 is 0 Å².